The lowest BCUT2D eigenvalue weighted by molar-refractivity contribution is -0.129. The van der Waals surface area contributed by atoms with E-state index >= 15 is 0 Å². The fraction of sp³-hybridized carbons (Fsp3) is 0.500. The van der Waals surface area contributed by atoms with Crippen molar-refractivity contribution in [3.63, 3.8) is 0 Å². The minimum atomic E-state index is -0.247. The Balaban J connectivity index is 0.00000162. The molecule has 1 aliphatic heterocycles. The first-order valence-corrected chi connectivity index (χ1v) is 6.18. The smallest absolute Gasteiger partial charge is 0.227 e. The third-order valence-corrected chi connectivity index (χ3v) is 3.56. The van der Waals surface area contributed by atoms with Crippen LogP contribution in [0.2, 0.25) is 0 Å². The normalized spacial score (nSPS) is 24.1. The Morgan fingerprint density at radius 1 is 1.39 bits per heavy atom. The Labute approximate surface area is 115 Å². The number of hydrogen-bond acceptors (Lipinski definition) is 2. The molecule has 1 amide bonds. The van der Waals surface area contributed by atoms with Gasteiger partial charge in [0.1, 0.15) is 0 Å². The number of amides is 1. The first kappa shape index (κ1) is 15.0. The van der Waals surface area contributed by atoms with Crippen LogP contribution in [0.3, 0.4) is 0 Å². The molecule has 2 rings (SSSR count). The molecule has 18 heavy (non-hydrogen) atoms. The van der Waals surface area contributed by atoms with Crippen LogP contribution in [0.5, 0.6) is 0 Å². The lowest BCUT2D eigenvalue weighted by atomic mass is 9.88. The fourth-order valence-corrected chi connectivity index (χ4v) is 2.21. The van der Waals surface area contributed by atoms with Gasteiger partial charge in [-0.1, -0.05) is 30.3 Å². The minimum absolute atomic E-state index is 0. The average molecular weight is 269 g/mol. The summed E-state index contributed by atoms with van der Waals surface area (Å²) in [6, 6.07) is 10.1. The highest BCUT2D eigenvalue weighted by atomic mass is 35.5. The van der Waals surface area contributed by atoms with Crippen molar-refractivity contribution in [2.24, 2.45) is 5.41 Å². The molecule has 0 spiro atoms. The second-order valence-corrected chi connectivity index (χ2v) is 5.09. The van der Waals surface area contributed by atoms with Gasteiger partial charge in [0, 0.05) is 6.54 Å². The summed E-state index contributed by atoms with van der Waals surface area (Å²) in [6.45, 7) is 5.77. The van der Waals surface area contributed by atoms with E-state index in [4.69, 9.17) is 0 Å². The highest BCUT2D eigenvalue weighted by molar-refractivity contribution is 5.85. The number of hydrogen-bond donors (Lipinski definition) is 2. The third-order valence-electron chi connectivity index (χ3n) is 3.56. The van der Waals surface area contributed by atoms with E-state index in [9.17, 15) is 4.79 Å². The maximum absolute atomic E-state index is 12.2. The Kier molecular flexibility index (Phi) is 5.17. The van der Waals surface area contributed by atoms with Crippen LogP contribution in [-0.4, -0.2) is 19.0 Å². The summed E-state index contributed by atoms with van der Waals surface area (Å²) in [5.74, 6) is 0.152. The molecule has 0 bridgehead atoms. The predicted octanol–water partition coefficient (Wildman–Crippen LogP) is 2.29. The van der Waals surface area contributed by atoms with Crippen molar-refractivity contribution < 1.29 is 4.79 Å². The van der Waals surface area contributed by atoms with E-state index in [1.165, 1.54) is 0 Å². The van der Waals surface area contributed by atoms with E-state index in [1.807, 2.05) is 44.2 Å². The lowest BCUT2D eigenvalue weighted by Crippen LogP contribution is -2.41. The summed E-state index contributed by atoms with van der Waals surface area (Å²) in [5, 5.41) is 6.35. The first-order chi connectivity index (χ1) is 8.12. The second-order valence-electron chi connectivity index (χ2n) is 5.09. The van der Waals surface area contributed by atoms with E-state index in [2.05, 4.69) is 10.6 Å². The van der Waals surface area contributed by atoms with Gasteiger partial charge >= 0.3 is 0 Å². The van der Waals surface area contributed by atoms with E-state index in [-0.39, 0.29) is 29.8 Å². The van der Waals surface area contributed by atoms with E-state index in [0.717, 1.165) is 25.1 Å². The molecule has 1 saturated heterocycles. The molecule has 0 aromatic heterocycles. The van der Waals surface area contributed by atoms with Crippen LogP contribution in [0.4, 0.5) is 0 Å². The van der Waals surface area contributed by atoms with Crippen LogP contribution in [0.15, 0.2) is 30.3 Å². The number of rotatable bonds is 3. The maximum Gasteiger partial charge on any atom is 0.227 e. The van der Waals surface area contributed by atoms with Crippen LogP contribution in [0.1, 0.15) is 31.9 Å². The van der Waals surface area contributed by atoms with Gasteiger partial charge in [0.15, 0.2) is 0 Å². The molecule has 1 heterocycles. The Hall–Kier alpha value is -1.06. The first-order valence-electron chi connectivity index (χ1n) is 6.18. The molecule has 0 aliphatic carbocycles. The molecule has 1 aliphatic rings. The highest BCUT2D eigenvalue weighted by Crippen LogP contribution is 2.25. The molecule has 2 atom stereocenters. The van der Waals surface area contributed by atoms with Crippen LogP contribution in [0, 0.1) is 5.41 Å². The molecule has 0 radical (unpaired) electrons. The van der Waals surface area contributed by atoms with Gasteiger partial charge in [0.25, 0.3) is 0 Å². The van der Waals surface area contributed by atoms with Gasteiger partial charge in [-0.15, -0.1) is 12.4 Å². The summed E-state index contributed by atoms with van der Waals surface area (Å²) in [6.07, 6.45) is 0.917. The van der Waals surface area contributed by atoms with Crippen molar-refractivity contribution in [2.75, 3.05) is 13.1 Å². The Morgan fingerprint density at radius 2 is 2.06 bits per heavy atom. The Bertz CT molecular complexity index is 388. The number of halogens is 1. The van der Waals surface area contributed by atoms with Crippen molar-refractivity contribution in [3.05, 3.63) is 35.9 Å². The van der Waals surface area contributed by atoms with Gasteiger partial charge in [-0.25, -0.2) is 0 Å². The molecule has 1 unspecified atom stereocenters. The molecule has 0 saturated carbocycles. The molecule has 2 N–H and O–H groups in total. The van der Waals surface area contributed by atoms with Gasteiger partial charge in [-0.3, -0.25) is 4.79 Å². The SMILES string of the molecule is C[C@@H](NC(=O)C1(C)CCNC1)c1ccccc1.Cl. The topological polar surface area (TPSA) is 41.1 Å². The summed E-state index contributed by atoms with van der Waals surface area (Å²) in [4.78, 5) is 12.2. The third kappa shape index (κ3) is 3.24. The number of benzene rings is 1. The standard InChI is InChI=1S/C14H20N2O.ClH/c1-11(12-6-4-3-5-7-12)16-13(17)14(2)8-9-15-10-14;/h3-7,11,15H,8-10H2,1-2H3,(H,16,17);1H/t11-,14?;/m1./s1. The Morgan fingerprint density at radius 3 is 2.61 bits per heavy atom. The molecule has 3 nitrogen and oxygen atoms in total. The number of carbonyl (C=O) groups excluding carboxylic acids is 1. The van der Waals surface area contributed by atoms with Crippen molar-refractivity contribution in [1.29, 1.82) is 0 Å². The zero-order valence-electron chi connectivity index (χ0n) is 10.9. The monoisotopic (exact) mass is 268 g/mol. The molecule has 100 valence electrons. The predicted molar refractivity (Wildman–Crippen MR) is 75.8 cm³/mol. The van der Waals surface area contributed by atoms with Gasteiger partial charge in [0.2, 0.25) is 5.91 Å². The van der Waals surface area contributed by atoms with Crippen molar-refractivity contribution in [3.8, 4) is 0 Å². The largest absolute Gasteiger partial charge is 0.349 e. The summed E-state index contributed by atoms with van der Waals surface area (Å²) < 4.78 is 0. The van der Waals surface area contributed by atoms with Crippen LogP contribution in [0.25, 0.3) is 0 Å². The van der Waals surface area contributed by atoms with Crippen molar-refractivity contribution >= 4 is 18.3 Å². The summed E-state index contributed by atoms with van der Waals surface area (Å²) >= 11 is 0. The van der Waals surface area contributed by atoms with Crippen LogP contribution < -0.4 is 10.6 Å². The molecular formula is C14H21ClN2O. The summed E-state index contributed by atoms with van der Waals surface area (Å²) in [5.41, 5.74) is 0.902. The van der Waals surface area contributed by atoms with Gasteiger partial charge in [-0.05, 0) is 32.4 Å². The van der Waals surface area contributed by atoms with Gasteiger partial charge in [0.05, 0.1) is 11.5 Å². The van der Waals surface area contributed by atoms with E-state index in [1.54, 1.807) is 0 Å². The quantitative estimate of drug-likeness (QED) is 0.883. The van der Waals surface area contributed by atoms with Crippen molar-refractivity contribution in [1.82, 2.24) is 10.6 Å². The molecule has 1 fully saturated rings. The minimum Gasteiger partial charge on any atom is -0.349 e. The van der Waals surface area contributed by atoms with E-state index < -0.39 is 0 Å². The number of nitrogens with one attached hydrogen (secondary N) is 2. The fourth-order valence-electron chi connectivity index (χ4n) is 2.21. The molecule has 1 aromatic rings. The lowest BCUT2D eigenvalue weighted by Gasteiger charge is -2.24. The maximum atomic E-state index is 12.2. The average Bonchev–Trinajstić information content (AvgIpc) is 2.78. The summed E-state index contributed by atoms with van der Waals surface area (Å²) in [7, 11) is 0. The van der Waals surface area contributed by atoms with Gasteiger partial charge in [-0.2, -0.15) is 0 Å². The van der Waals surface area contributed by atoms with Crippen LogP contribution in [-0.2, 0) is 4.79 Å². The van der Waals surface area contributed by atoms with Crippen LogP contribution >= 0.6 is 12.4 Å². The number of carbonyl (C=O) groups is 1. The van der Waals surface area contributed by atoms with Crippen molar-refractivity contribution in [2.45, 2.75) is 26.3 Å². The molecule has 4 heteroatoms. The zero-order chi connectivity index (χ0) is 12.3. The second kappa shape index (κ2) is 6.21. The van der Waals surface area contributed by atoms with Gasteiger partial charge < -0.3 is 10.6 Å². The molecular weight excluding hydrogens is 248 g/mol. The zero-order valence-corrected chi connectivity index (χ0v) is 11.7. The van der Waals surface area contributed by atoms with E-state index in [0.29, 0.717) is 0 Å². The highest BCUT2D eigenvalue weighted by Gasteiger charge is 2.36. The molecule has 1 aromatic carbocycles.